The van der Waals surface area contributed by atoms with Crippen LogP contribution in [0.15, 0.2) is 72.0 Å². The van der Waals surface area contributed by atoms with Crippen LogP contribution < -0.4 is 15.4 Å². The monoisotopic (exact) mass is 576 g/mol. The zero-order valence-corrected chi connectivity index (χ0v) is 22.0. The number of hydrogen-bond donors (Lipinski definition) is 2. The molecule has 3 aromatic rings. The Morgan fingerprint density at radius 3 is 2.50 bits per heavy atom. The molecule has 1 unspecified atom stereocenters. The van der Waals surface area contributed by atoms with Gasteiger partial charge in [-0.1, -0.05) is 30.3 Å². The fourth-order valence-corrected chi connectivity index (χ4v) is 3.95. The van der Waals surface area contributed by atoms with Gasteiger partial charge in [-0.3, -0.25) is 9.89 Å². The Morgan fingerprint density at radius 2 is 1.82 bits per heavy atom. The largest absolute Gasteiger partial charge is 0.497 e. The Morgan fingerprint density at radius 1 is 1.09 bits per heavy atom. The number of methoxy groups -OCH3 is 1. The number of nitrogens with zero attached hydrogens (tertiary/aromatic N) is 4. The van der Waals surface area contributed by atoms with E-state index in [0.29, 0.717) is 6.54 Å². The minimum Gasteiger partial charge on any atom is -0.497 e. The molecule has 0 bridgehead atoms. The number of aliphatic imine (C=N–C) groups is 1. The highest BCUT2D eigenvalue weighted by Gasteiger charge is 2.23. The fourth-order valence-electron chi connectivity index (χ4n) is 3.95. The van der Waals surface area contributed by atoms with Crippen LogP contribution in [0, 0.1) is 0 Å². The van der Waals surface area contributed by atoms with Crippen molar-refractivity contribution in [2.45, 2.75) is 12.6 Å². The molecule has 1 fully saturated rings. The van der Waals surface area contributed by atoms with Gasteiger partial charge in [-0.2, -0.15) is 5.10 Å². The van der Waals surface area contributed by atoms with Crippen LogP contribution in [0.4, 0.5) is 0 Å². The molecule has 0 spiro atoms. The topological polar surface area (TPSA) is 75.9 Å². The van der Waals surface area contributed by atoms with E-state index in [0.717, 1.165) is 55.8 Å². The minimum absolute atomic E-state index is 0. The van der Waals surface area contributed by atoms with Gasteiger partial charge in [0, 0.05) is 45.0 Å². The number of aromatic nitrogens is 2. The molecule has 9 heteroatoms. The summed E-state index contributed by atoms with van der Waals surface area (Å²) in [5.41, 5.74) is 3.37. The van der Waals surface area contributed by atoms with Crippen molar-refractivity contribution in [3.63, 3.8) is 0 Å². The van der Waals surface area contributed by atoms with E-state index in [4.69, 9.17) is 9.47 Å². The van der Waals surface area contributed by atoms with Gasteiger partial charge in [-0.25, -0.2) is 4.68 Å². The number of hydrogen-bond acceptors (Lipinski definition) is 5. The molecule has 34 heavy (non-hydrogen) atoms. The number of ether oxygens (including phenoxy) is 2. The molecule has 1 aliphatic heterocycles. The van der Waals surface area contributed by atoms with Gasteiger partial charge in [0.15, 0.2) is 5.96 Å². The molecule has 1 saturated heterocycles. The van der Waals surface area contributed by atoms with Crippen molar-refractivity contribution in [3.05, 3.63) is 78.1 Å². The van der Waals surface area contributed by atoms with Gasteiger partial charge in [0.2, 0.25) is 0 Å². The van der Waals surface area contributed by atoms with E-state index in [1.54, 1.807) is 14.2 Å². The lowest BCUT2D eigenvalue weighted by Gasteiger charge is -2.35. The molecule has 4 rings (SSSR count). The predicted octanol–water partition coefficient (Wildman–Crippen LogP) is 3.24. The second kappa shape index (κ2) is 13.3. The molecule has 2 aromatic carbocycles. The first-order valence-corrected chi connectivity index (χ1v) is 11.3. The van der Waals surface area contributed by atoms with E-state index in [2.05, 4.69) is 37.8 Å². The lowest BCUT2D eigenvalue weighted by atomic mass is 10.0. The minimum atomic E-state index is 0. The summed E-state index contributed by atoms with van der Waals surface area (Å²) in [6, 6.07) is 18.6. The van der Waals surface area contributed by atoms with Crippen LogP contribution in [0.5, 0.6) is 5.75 Å². The summed E-state index contributed by atoms with van der Waals surface area (Å²) >= 11 is 0. The summed E-state index contributed by atoms with van der Waals surface area (Å²) < 4.78 is 12.8. The smallest absolute Gasteiger partial charge is 0.191 e. The molecule has 2 N–H and O–H groups in total. The van der Waals surface area contributed by atoms with E-state index in [1.165, 1.54) is 5.56 Å². The quantitative estimate of drug-likeness (QED) is 0.244. The third kappa shape index (κ3) is 6.94. The SMILES string of the molecule is CN=C(NCc1cnn(-c2ccccc2)c1)NCC(c1ccc(OC)cc1)N1CCOCC1.I. The molecule has 1 atom stereocenters. The summed E-state index contributed by atoms with van der Waals surface area (Å²) in [7, 11) is 3.48. The molecule has 0 radical (unpaired) electrons. The van der Waals surface area contributed by atoms with Crippen LogP contribution in [0.3, 0.4) is 0 Å². The summed E-state index contributed by atoms with van der Waals surface area (Å²) in [6.45, 7) is 4.69. The van der Waals surface area contributed by atoms with Crippen molar-refractivity contribution in [3.8, 4) is 11.4 Å². The zero-order valence-electron chi connectivity index (χ0n) is 19.7. The van der Waals surface area contributed by atoms with Crippen LogP contribution in [-0.4, -0.2) is 67.6 Å². The Kier molecular flexibility index (Phi) is 10.2. The predicted molar refractivity (Wildman–Crippen MR) is 145 cm³/mol. The number of benzene rings is 2. The molecule has 8 nitrogen and oxygen atoms in total. The van der Waals surface area contributed by atoms with Gasteiger partial charge >= 0.3 is 0 Å². The molecule has 0 amide bonds. The first-order valence-electron chi connectivity index (χ1n) is 11.3. The summed E-state index contributed by atoms with van der Waals surface area (Å²) in [4.78, 5) is 6.86. The van der Waals surface area contributed by atoms with E-state index in [9.17, 15) is 0 Å². The molecule has 0 aliphatic carbocycles. The average Bonchev–Trinajstić information content (AvgIpc) is 3.36. The van der Waals surface area contributed by atoms with Crippen LogP contribution in [0.25, 0.3) is 5.69 Å². The Hall–Kier alpha value is -2.63. The number of guanidine groups is 1. The van der Waals surface area contributed by atoms with E-state index in [1.807, 2.05) is 59.5 Å². The van der Waals surface area contributed by atoms with Crippen LogP contribution in [0.2, 0.25) is 0 Å². The first kappa shape index (κ1) is 26.0. The molecule has 0 saturated carbocycles. The fraction of sp³-hybridized carbons (Fsp3) is 0.360. The van der Waals surface area contributed by atoms with Gasteiger partial charge in [0.05, 0.1) is 38.2 Å². The van der Waals surface area contributed by atoms with E-state index in [-0.39, 0.29) is 30.0 Å². The summed E-state index contributed by atoms with van der Waals surface area (Å²) in [6.07, 6.45) is 3.91. The molecular weight excluding hydrogens is 543 g/mol. The second-order valence-corrected chi connectivity index (χ2v) is 7.87. The lowest BCUT2D eigenvalue weighted by Crippen LogP contribution is -2.46. The molecular formula is C25H33IN6O2. The standard InChI is InChI=1S/C25H32N6O2.HI/c1-26-25(27-16-20-17-29-31(19-20)22-6-4-3-5-7-22)28-18-24(30-12-14-33-15-13-30)21-8-10-23(32-2)11-9-21;/h3-11,17,19,24H,12-16,18H2,1-2H3,(H2,26,27,28);1H. The highest BCUT2D eigenvalue weighted by Crippen LogP contribution is 2.23. The van der Waals surface area contributed by atoms with E-state index < -0.39 is 0 Å². The van der Waals surface area contributed by atoms with E-state index >= 15 is 0 Å². The van der Waals surface area contributed by atoms with Crippen molar-refractivity contribution in [2.24, 2.45) is 4.99 Å². The maximum absolute atomic E-state index is 5.56. The average molecular weight is 576 g/mol. The third-order valence-corrected chi connectivity index (χ3v) is 5.79. The van der Waals surface area contributed by atoms with Crippen LogP contribution >= 0.6 is 24.0 Å². The first-order chi connectivity index (χ1) is 16.3. The normalized spacial score (nSPS) is 15.3. The summed E-state index contributed by atoms with van der Waals surface area (Å²) in [5.74, 6) is 1.62. The molecule has 182 valence electrons. The molecule has 2 heterocycles. The maximum Gasteiger partial charge on any atom is 0.191 e. The Balaban J connectivity index is 0.00000324. The van der Waals surface area contributed by atoms with Crippen LogP contribution in [-0.2, 0) is 11.3 Å². The second-order valence-electron chi connectivity index (χ2n) is 7.87. The summed E-state index contributed by atoms with van der Waals surface area (Å²) in [5, 5.41) is 11.4. The number of para-hydroxylation sites is 1. The van der Waals surface area contributed by atoms with Gasteiger partial charge in [0.1, 0.15) is 5.75 Å². The van der Waals surface area contributed by atoms with Crippen molar-refractivity contribution in [1.82, 2.24) is 25.3 Å². The lowest BCUT2D eigenvalue weighted by molar-refractivity contribution is 0.0170. The third-order valence-electron chi connectivity index (χ3n) is 5.79. The number of morpholine rings is 1. The van der Waals surface area contributed by atoms with Crippen molar-refractivity contribution in [2.75, 3.05) is 47.0 Å². The van der Waals surface area contributed by atoms with Crippen molar-refractivity contribution < 1.29 is 9.47 Å². The van der Waals surface area contributed by atoms with Gasteiger partial charge in [0.25, 0.3) is 0 Å². The highest BCUT2D eigenvalue weighted by atomic mass is 127. The molecule has 1 aliphatic rings. The van der Waals surface area contributed by atoms with Crippen molar-refractivity contribution in [1.29, 1.82) is 0 Å². The number of nitrogens with one attached hydrogen (secondary N) is 2. The van der Waals surface area contributed by atoms with Crippen molar-refractivity contribution >= 4 is 29.9 Å². The van der Waals surface area contributed by atoms with Crippen LogP contribution in [0.1, 0.15) is 17.2 Å². The number of halogens is 1. The Bertz CT molecular complexity index is 1020. The van der Waals surface area contributed by atoms with Gasteiger partial charge in [-0.15, -0.1) is 24.0 Å². The number of rotatable bonds is 8. The molecule has 1 aromatic heterocycles. The van der Waals surface area contributed by atoms with Gasteiger partial charge < -0.3 is 20.1 Å². The Labute approximate surface area is 218 Å². The zero-order chi connectivity index (χ0) is 22.9. The maximum atomic E-state index is 5.56. The highest BCUT2D eigenvalue weighted by molar-refractivity contribution is 14.0. The van der Waals surface area contributed by atoms with Gasteiger partial charge in [-0.05, 0) is 29.8 Å².